The van der Waals surface area contributed by atoms with E-state index in [9.17, 15) is 8.42 Å². The molecule has 0 aliphatic carbocycles. The van der Waals surface area contributed by atoms with Crippen LogP contribution in [0, 0.1) is 0 Å². The summed E-state index contributed by atoms with van der Waals surface area (Å²) in [6.45, 7) is 1.90. The molecule has 0 bridgehead atoms. The van der Waals surface area contributed by atoms with Gasteiger partial charge in [-0.05, 0) is 5.75 Å². The molecule has 1 aromatic carbocycles. The fourth-order valence-electron chi connectivity index (χ4n) is 1.73. The molecule has 126 valence electrons. The third-order valence-electron chi connectivity index (χ3n) is 2.65. The van der Waals surface area contributed by atoms with Crippen LogP contribution in [0.3, 0.4) is 0 Å². The van der Waals surface area contributed by atoms with Gasteiger partial charge in [0.25, 0.3) is 0 Å². The summed E-state index contributed by atoms with van der Waals surface area (Å²) in [5.74, 6) is 0.658. The van der Waals surface area contributed by atoms with Crippen LogP contribution in [0.5, 0.6) is 0 Å². The minimum Gasteiger partial charge on any atom is -0.454 e. The molecule has 1 rings (SSSR count). The number of hydrogen-bond donors (Lipinski definition) is 0. The quantitative estimate of drug-likeness (QED) is 0.342. The highest BCUT2D eigenvalue weighted by molar-refractivity contribution is 8.25. The fraction of sp³-hybridized carbons (Fsp3) is 0.333. The first-order valence-electron chi connectivity index (χ1n) is 6.68. The standard InChI is InChI=1S/C15H19NO4S3/c1-5-22-14(21)13(23(4,17)18)12(16-15(19-2)20-3)11-9-7-6-8-10-11/h6-10H,5H2,1-4H3/b13-12+. The van der Waals surface area contributed by atoms with Gasteiger partial charge in [-0.15, -0.1) is 11.8 Å². The highest BCUT2D eigenvalue weighted by Crippen LogP contribution is 2.29. The summed E-state index contributed by atoms with van der Waals surface area (Å²) in [4.78, 5) is 4.22. The summed E-state index contributed by atoms with van der Waals surface area (Å²) in [5, 5.41) is 0. The van der Waals surface area contributed by atoms with Crippen LogP contribution in [0.15, 0.2) is 40.2 Å². The van der Waals surface area contributed by atoms with E-state index in [0.717, 1.165) is 6.26 Å². The van der Waals surface area contributed by atoms with Crippen LogP contribution in [0.1, 0.15) is 12.5 Å². The van der Waals surface area contributed by atoms with Crippen molar-refractivity contribution in [2.75, 3.05) is 26.2 Å². The lowest BCUT2D eigenvalue weighted by atomic mass is 10.1. The normalized spacial score (nSPS) is 12.2. The van der Waals surface area contributed by atoms with Crippen molar-refractivity contribution in [3.05, 3.63) is 40.8 Å². The van der Waals surface area contributed by atoms with Crippen molar-refractivity contribution in [1.29, 1.82) is 0 Å². The van der Waals surface area contributed by atoms with Crippen LogP contribution in [0.4, 0.5) is 0 Å². The second-order valence-corrected chi connectivity index (χ2v) is 8.22. The average molecular weight is 374 g/mol. The molecule has 0 heterocycles. The minimum absolute atomic E-state index is 0.00264. The highest BCUT2D eigenvalue weighted by atomic mass is 32.2. The summed E-state index contributed by atoms with van der Waals surface area (Å²) in [6.07, 6.45) is 1.07. The van der Waals surface area contributed by atoms with Crippen molar-refractivity contribution in [1.82, 2.24) is 0 Å². The molecule has 0 fully saturated rings. The summed E-state index contributed by atoms with van der Waals surface area (Å²) < 4.78 is 34.9. The van der Waals surface area contributed by atoms with E-state index < -0.39 is 9.84 Å². The predicted octanol–water partition coefficient (Wildman–Crippen LogP) is 3.13. The van der Waals surface area contributed by atoms with E-state index in [1.807, 2.05) is 13.0 Å². The Balaban J connectivity index is 3.74. The van der Waals surface area contributed by atoms with Crippen LogP contribution in [0.2, 0.25) is 0 Å². The van der Waals surface area contributed by atoms with Crippen molar-refractivity contribution in [3.8, 4) is 0 Å². The van der Waals surface area contributed by atoms with E-state index >= 15 is 0 Å². The molecule has 5 nitrogen and oxygen atoms in total. The number of methoxy groups -OCH3 is 2. The second kappa shape index (κ2) is 9.05. The van der Waals surface area contributed by atoms with Crippen molar-refractivity contribution in [2.45, 2.75) is 6.92 Å². The number of hydrogen-bond acceptors (Lipinski definition) is 7. The Morgan fingerprint density at radius 2 is 1.78 bits per heavy atom. The zero-order chi connectivity index (χ0) is 17.5. The summed E-state index contributed by atoms with van der Waals surface area (Å²) in [5.41, 5.74) is 0.816. The lowest BCUT2D eigenvalue weighted by Crippen LogP contribution is -2.12. The molecule has 0 unspecified atom stereocenters. The van der Waals surface area contributed by atoms with Gasteiger partial charge in [0.05, 0.1) is 24.1 Å². The van der Waals surface area contributed by atoms with E-state index in [4.69, 9.17) is 21.7 Å². The van der Waals surface area contributed by atoms with E-state index in [1.54, 1.807) is 24.3 Å². The molecule has 23 heavy (non-hydrogen) atoms. The Kier molecular flexibility index (Phi) is 7.74. The van der Waals surface area contributed by atoms with Gasteiger partial charge in [-0.1, -0.05) is 49.5 Å². The van der Waals surface area contributed by atoms with Gasteiger partial charge < -0.3 is 9.47 Å². The monoisotopic (exact) mass is 373 g/mol. The first-order valence-corrected chi connectivity index (χ1v) is 9.97. The second-order valence-electron chi connectivity index (χ2n) is 4.32. The molecule has 0 spiro atoms. The Bertz CT molecular complexity index is 703. The molecule has 0 amide bonds. The van der Waals surface area contributed by atoms with Crippen molar-refractivity contribution < 1.29 is 17.9 Å². The Morgan fingerprint density at radius 1 is 1.22 bits per heavy atom. The van der Waals surface area contributed by atoms with Crippen molar-refractivity contribution >= 4 is 49.8 Å². The Hall–Kier alpha value is -1.38. The maximum Gasteiger partial charge on any atom is 0.388 e. The molecule has 0 aliphatic heterocycles. The van der Waals surface area contributed by atoms with Gasteiger partial charge in [0.15, 0.2) is 9.84 Å². The van der Waals surface area contributed by atoms with E-state index in [1.165, 1.54) is 26.0 Å². The molecule has 8 heteroatoms. The van der Waals surface area contributed by atoms with E-state index in [0.29, 0.717) is 11.3 Å². The first-order chi connectivity index (χ1) is 10.8. The molecule has 0 saturated heterocycles. The molecular weight excluding hydrogens is 354 g/mol. The third kappa shape index (κ3) is 5.63. The minimum atomic E-state index is -3.60. The van der Waals surface area contributed by atoms with Crippen molar-refractivity contribution in [2.24, 2.45) is 4.99 Å². The topological polar surface area (TPSA) is 65.0 Å². The number of benzene rings is 1. The van der Waals surface area contributed by atoms with Gasteiger partial charge in [0.2, 0.25) is 0 Å². The zero-order valence-electron chi connectivity index (χ0n) is 13.4. The predicted molar refractivity (Wildman–Crippen MR) is 100 cm³/mol. The number of sulfone groups is 1. The number of rotatable bonds is 5. The first kappa shape index (κ1) is 19.7. The van der Waals surface area contributed by atoms with Crippen LogP contribution in [-0.4, -0.2) is 44.9 Å². The molecule has 0 radical (unpaired) electrons. The molecule has 1 aromatic rings. The third-order valence-corrected chi connectivity index (χ3v) is 5.36. The van der Waals surface area contributed by atoms with Crippen LogP contribution >= 0.6 is 24.0 Å². The number of thioether (sulfide) groups is 1. The van der Waals surface area contributed by atoms with Crippen LogP contribution < -0.4 is 0 Å². The number of ether oxygens (including phenoxy) is 2. The summed E-state index contributed by atoms with van der Waals surface area (Å²) in [6, 6.07) is 8.93. The summed E-state index contributed by atoms with van der Waals surface area (Å²) >= 11 is 6.57. The molecule has 0 aliphatic rings. The van der Waals surface area contributed by atoms with Gasteiger partial charge in [-0.2, -0.15) is 4.99 Å². The SMILES string of the molecule is CCSC(=S)/C(=C(\N=C(OC)OC)c1ccccc1)S(C)(=O)=O. The molecule has 0 N–H and O–H groups in total. The van der Waals surface area contributed by atoms with E-state index in [2.05, 4.69) is 4.99 Å². The maximum absolute atomic E-state index is 12.3. The van der Waals surface area contributed by atoms with Gasteiger partial charge >= 0.3 is 6.08 Å². The van der Waals surface area contributed by atoms with Crippen LogP contribution in [0.25, 0.3) is 5.70 Å². The van der Waals surface area contributed by atoms with Crippen molar-refractivity contribution in [3.63, 3.8) is 0 Å². The van der Waals surface area contributed by atoms with Gasteiger partial charge in [-0.25, -0.2) is 8.42 Å². The average Bonchev–Trinajstić information content (AvgIpc) is 2.51. The summed E-state index contributed by atoms with van der Waals surface area (Å²) in [7, 11) is -0.810. The lowest BCUT2D eigenvalue weighted by molar-refractivity contribution is 0.243. The molecule has 0 atom stereocenters. The largest absolute Gasteiger partial charge is 0.454 e. The zero-order valence-corrected chi connectivity index (χ0v) is 15.8. The number of thiocarbonyl (C=S) groups is 1. The number of aliphatic imine (C=N–C) groups is 1. The lowest BCUT2D eigenvalue weighted by Gasteiger charge is -2.12. The smallest absolute Gasteiger partial charge is 0.388 e. The molecule has 0 aromatic heterocycles. The molecular formula is C15H19NO4S3. The maximum atomic E-state index is 12.3. The van der Waals surface area contributed by atoms with Gasteiger partial charge in [0, 0.05) is 11.8 Å². The van der Waals surface area contributed by atoms with E-state index in [-0.39, 0.29) is 20.9 Å². The number of nitrogens with zero attached hydrogens (tertiary/aromatic N) is 1. The fourth-order valence-corrected chi connectivity index (χ4v) is 4.57. The molecule has 0 saturated carbocycles. The Labute approximate surface area is 146 Å². The van der Waals surface area contributed by atoms with Gasteiger partial charge in [-0.3, -0.25) is 0 Å². The van der Waals surface area contributed by atoms with Gasteiger partial charge in [0.1, 0.15) is 4.91 Å². The van der Waals surface area contributed by atoms with Crippen LogP contribution in [-0.2, 0) is 19.3 Å². The highest BCUT2D eigenvalue weighted by Gasteiger charge is 2.24. The Morgan fingerprint density at radius 3 is 2.22 bits per heavy atom.